The first kappa shape index (κ1) is 23.9. The van der Waals surface area contributed by atoms with Crippen LogP contribution in [0.3, 0.4) is 0 Å². The molecule has 34 heavy (non-hydrogen) atoms. The van der Waals surface area contributed by atoms with E-state index in [9.17, 15) is 14.4 Å². The van der Waals surface area contributed by atoms with Crippen molar-refractivity contribution in [1.29, 1.82) is 0 Å². The average Bonchev–Trinajstić information content (AvgIpc) is 3.22. The normalized spacial score (nSPS) is 11.1. The van der Waals surface area contributed by atoms with Gasteiger partial charge in [-0.05, 0) is 49.7 Å². The van der Waals surface area contributed by atoms with E-state index in [2.05, 4.69) is 17.2 Å². The standard InChI is InChI=1S/C24H24N4O4S2/c1-3-5-13-28-22(30)20-19(17-7-6-12-25-21(17)34-20)27-24(28)33-14-18(29)26-16-10-8-15(9-11-16)23(31)32-4-2/h6-12H,3-5,13-14H2,1-2H3,(H,26,29). The average molecular weight is 497 g/mol. The molecule has 0 aliphatic heterocycles. The summed E-state index contributed by atoms with van der Waals surface area (Å²) in [6.07, 6.45) is 3.47. The number of rotatable bonds is 9. The Morgan fingerprint density at radius 3 is 2.71 bits per heavy atom. The summed E-state index contributed by atoms with van der Waals surface area (Å²) in [6.45, 7) is 4.65. The lowest BCUT2D eigenvalue weighted by atomic mass is 10.2. The molecule has 1 aromatic carbocycles. The third-order valence-corrected chi connectivity index (χ3v) is 7.13. The van der Waals surface area contributed by atoms with Crippen molar-refractivity contribution in [2.75, 3.05) is 17.7 Å². The van der Waals surface area contributed by atoms with E-state index in [1.807, 2.05) is 12.1 Å². The number of hydrogen-bond donors (Lipinski definition) is 1. The fourth-order valence-electron chi connectivity index (χ4n) is 3.40. The number of nitrogens with zero attached hydrogens (tertiary/aromatic N) is 3. The second kappa shape index (κ2) is 10.8. The van der Waals surface area contributed by atoms with E-state index in [4.69, 9.17) is 9.72 Å². The molecule has 10 heteroatoms. The van der Waals surface area contributed by atoms with Gasteiger partial charge in [0, 0.05) is 23.8 Å². The molecule has 0 saturated carbocycles. The second-order valence-electron chi connectivity index (χ2n) is 7.48. The number of esters is 1. The highest BCUT2D eigenvalue weighted by atomic mass is 32.2. The zero-order chi connectivity index (χ0) is 24.1. The van der Waals surface area contributed by atoms with Gasteiger partial charge in [0.25, 0.3) is 5.56 Å². The van der Waals surface area contributed by atoms with E-state index in [1.54, 1.807) is 42.0 Å². The van der Waals surface area contributed by atoms with Gasteiger partial charge in [-0.1, -0.05) is 25.1 Å². The number of hydrogen-bond acceptors (Lipinski definition) is 8. The molecule has 8 nitrogen and oxygen atoms in total. The lowest BCUT2D eigenvalue weighted by molar-refractivity contribution is -0.113. The highest BCUT2D eigenvalue weighted by Gasteiger charge is 2.17. The number of nitrogens with one attached hydrogen (secondary N) is 1. The number of unbranched alkanes of at least 4 members (excludes halogenated alkanes) is 1. The first-order valence-electron chi connectivity index (χ1n) is 11.0. The molecule has 4 rings (SSSR count). The number of thioether (sulfide) groups is 1. The molecule has 0 unspecified atom stereocenters. The maximum atomic E-state index is 13.2. The van der Waals surface area contributed by atoms with E-state index in [1.165, 1.54) is 23.1 Å². The third kappa shape index (κ3) is 5.13. The van der Waals surface area contributed by atoms with E-state index >= 15 is 0 Å². The summed E-state index contributed by atoms with van der Waals surface area (Å²) >= 11 is 2.58. The van der Waals surface area contributed by atoms with Gasteiger partial charge < -0.3 is 10.1 Å². The van der Waals surface area contributed by atoms with Gasteiger partial charge in [0.1, 0.15) is 9.53 Å². The van der Waals surface area contributed by atoms with Crippen LogP contribution in [0.25, 0.3) is 20.4 Å². The van der Waals surface area contributed by atoms with E-state index in [0.717, 1.165) is 23.1 Å². The molecule has 0 aliphatic rings. The summed E-state index contributed by atoms with van der Waals surface area (Å²) in [5.74, 6) is -0.551. The monoisotopic (exact) mass is 496 g/mol. The van der Waals surface area contributed by atoms with Gasteiger partial charge in [-0.25, -0.2) is 14.8 Å². The number of benzene rings is 1. The van der Waals surface area contributed by atoms with Crippen LogP contribution in [0.1, 0.15) is 37.0 Å². The van der Waals surface area contributed by atoms with Gasteiger partial charge in [-0.2, -0.15) is 0 Å². The summed E-state index contributed by atoms with van der Waals surface area (Å²) in [5.41, 5.74) is 1.52. The van der Waals surface area contributed by atoms with Crippen LogP contribution in [0.2, 0.25) is 0 Å². The molecule has 0 spiro atoms. The van der Waals surface area contributed by atoms with Gasteiger partial charge in [0.05, 0.1) is 23.4 Å². The van der Waals surface area contributed by atoms with Crippen molar-refractivity contribution < 1.29 is 14.3 Å². The van der Waals surface area contributed by atoms with Crippen LogP contribution >= 0.6 is 23.1 Å². The van der Waals surface area contributed by atoms with Crippen LogP contribution in [0.5, 0.6) is 0 Å². The van der Waals surface area contributed by atoms with Gasteiger partial charge >= 0.3 is 5.97 Å². The predicted molar refractivity (Wildman–Crippen MR) is 136 cm³/mol. The molecular formula is C24H24N4O4S2. The predicted octanol–water partition coefficient (Wildman–Crippen LogP) is 4.71. The van der Waals surface area contributed by atoms with Gasteiger partial charge in [0.15, 0.2) is 5.16 Å². The van der Waals surface area contributed by atoms with Crippen LogP contribution in [0, 0.1) is 0 Å². The van der Waals surface area contributed by atoms with Crippen LogP contribution in [0.15, 0.2) is 52.5 Å². The summed E-state index contributed by atoms with van der Waals surface area (Å²) in [7, 11) is 0. The Labute approximate surface area is 204 Å². The van der Waals surface area contributed by atoms with Crippen molar-refractivity contribution in [3.05, 3.63) is 58.5 Å². The smallest absolute Gasteiger partial charge is 0.338 e. The summed E-state index contributed by atoms with van der Waals surface area (Å²) in [4.78, 5) is 47.5. The molecule has 3 heterocycles. The number of carbonyl (C=O) groups excluding carboxylic acids is 2. The lowest BCUT2D eigenvalue weighted by Crippen LogP contribution is -2.23. The maximum absolute atomic E-state index is 13.2. The number of carbonyl (C=O) groups is 2. The summed E-state index contributed by atoms with van der Waals surface area (Å²) in [5, 5.41) is 4.17. The molecule has 1 amide bonds. The largest absolute Gasteiger partial charge is 0.462 e. The number of ether oxygens (including phenoxy) is 1. The number of amides is 1. The van der Waals surface area contributed by atoms with Gasteiger partial charge in [-0.3, -0.25) is 14.2 Å². The minimum atomic E-state index is -0.404. The van der Waals surface area contributed by atoms with E-state index in [0.29, 0.717) is 39.8 Å². The molecule has 0 saturated heterocycles. The van der Waals surface area contributed by atoms with Gasteiger partial charge in [0.2, 0.25) is 5.91 Å². The number of pyridine rings is 1. The minimum absolute atomic E-state index is 0.0873. The molecular weight excluding hydrogens is 472 g/mol. The molecule has 3 aromatic heterocycles. The molecule has 176 valence electrons. The van der Waals surface area contributed by atoms with Crippen molar-refractivity contribution in [2.45, 2.75) is 38.4 Å². The maximum Gasteiger partial charge on any atom is 0.338 e. The number of aromatic nitrogens is 3. The van der Waals surface area contributed by atoms with Crippen molar-refractivity contribution in [2.24, 2.45) is 0 Å². The Kier molecular flexibility index (Phi) is 7.59. The summed E-state index contributed by atoms with van der Waals surface area (Å²) in [6, 6.07) is 10.3. The van der Waals surface area contributed by atoms with E-state index < -0.39 is 5.97 Å². The highest BCUT2D eigenvalue weighted by molar-refractivity contribution is 7.99. The van der Waals surface area contributed by atoms with Gasteiger partial charge in [-0.15, -0.1) is 11.3 Å². The molecule has 1 N–H and O–H groups in total. The zero-order valence-corrected chi connectivity index (χ0v) is 20.5. The van der Waals surface area contributed by atoms with Crippen molar-refractivity contribution >= 4 is 61.1 Å². The topological polar surface area (TPSA) is 103 Å². The Morgan fingerprint density at radius 2 is 1.97 bits per heavy atom. The van der Waals surface area contributed by atoms with Crippen molar-refractivity contribution in [3.8, 4) is 0 Å². The molecule has 0 fully saturated rings. The fourth-order valence-corrected chi connectivity index (χ4v) is 5.25. The number of thiophene rings is 1. The fraction of sp³-hybridized carbons (Fsp3) is 0.292. The van der Waals surface area contributed by atoms with Crippen LogP contribution in [-0.4, -0.2) is 38.8 Å². The SMILES string of the molecule is CCCCn1c(SCC(=O)Nc2ccc(C(=O)OCC)cc2)nc2c(sc3ncccc32)c1=O. The quantitative estimate of drug-likeness (QED) is 0.203. The van der Waals surface area contributed by atoms with Crippen LogP contribution < -0.4 is 10.9 Å². The number of anilines is 1. The Morgan fingerprint density at radius 1 is 1.18 bits per heavy atom. The number of fused-ring (bicyclic) bond motifs is 3. The Balaban J connectivity index is 1.53. The molecule has 0 aliphatic carbocycles. The minimum Gasteiger partial charge on any atom is -0.462 e. The Bertz CT molecular complexity index is 1400. The molecule has 0 atom stereocenters. The van der Waals surface area contributed by atoms with Crippen molar-refractivity contribution in [3.63, 3.8) is 0 Å². The van der Waals surface area contributed by atoms with Crippen LogP contribution in [0.4, 0.5) is 5.69 Å². The second-order valence-corrected chi connectivity index (χ2v) is 9.42. The van der Waals surface area contributed by atoms with Crippen LogP contribution in [-0.2, 0) is 16.1 Å². The lowest BCUT2D eigenvalue weighted by Gasteiger charge is -2.12. The molecule has 0 bridgehead atoms. The first-order chi connectivity index (χ1) is 16.5. The summed E-state index contributed by atoms with van der Waals surface area (Å²) < 4.78 is 7.21. The van der Waals surface area contributed by atoms with Crippen molar-refractivity contribution in [1.82, 2.24) is 14.5 Å². The Hall–Kier alpha value is -3.24. The highest BCUT2D eigenvalue weighted by Crippen LogP contribution is 2.30. The molecule has 4 aromatic rings. The molecule has 0 radical (unpaired) electrons. The first-order valence-corrected chi connectivity index (χ1v) is 12.8. The van der Waals surface area contributed by atoms with E-state index in [-0.39, 0.29) is 17.2 Å². The zero-order valence-electron chi connectivity index (χ0n) is 18.9. The third-order valence-electron chi connectivity index (χ3n) is 5.07.